The lowest BCUT2D eigenvalue weighted by atomic mass is 10.1. The number of nitrogens with one attached hydrogen (secondary N) is 1. The Balaban J connectivity index is 1.87. The Labute approximate surface area is 140 Å². The zero-order chi connectivity index (χ0) is 17.4. The first kappa shape index (κ1) is 18.0. The smallest absolute Gasteiger partial charge is 0.303 e. The van der Waals surface area contributed by atoms with Crippen LogP contribution in [0.4, 0.5) is 0 Å². The van der Waals surface area contributed by atoms with Gasteiger partial charge in [-0.15, -0.1) is 0 Å². The van der Waals surface area contributed by atoms with E-state index in [1.165, 1.54) is 0 Å². The summed E-state index contributed by atoms with van der Waals surface area (Å²) < 4.78 is 10.9. The first-order valence-electron chi connectivity index (χ1n) is 8.13. The van der Waals surface area contributed by atoms with E-state index in [9.17, 15) is 9.59 Å². The molecule has 24 heavy (non-hydrogen) atoms. The molecule has 130 valence electrons. The zero-order valence-corrected chi connectivity index (χ0v) is 13.8. The van der Waals surface area contributed by atoms with E-state index >= 15 is 0 Å². The molecule has 2 N–H and O–H groups in total. The van der Waals surface area contributed by atoms with Crippen LogP contribution >= 0.6 is 0 Å². The number of hydrogen-bond donors (Lipinski definition) is 2. The van der Waals surface area contributed by atoms with Crippen molar-refractivity contribution in [2.75, 3.05) is 13.7 Å². The van der Waals surface area contributed by atoms with Gasteiger partial charge in [-0.2, -0.15) is 0 Å². The number of hydrogen-bond acceptors (Lipinski definition) is 4. The topological polar surface area (TPSA) is 88.8 Å². The number of carbonyl (C=O) groups excluding carboxylic acids is 1. The number of fused-ring (bicyclic) bond motifs is 1. The van der Waals surface area contributed by atoms with E-state index in [4.69, 9.17) is 14.3 Å². The summed E-state index contributed by atoms with van der Waals surface area (Å²) in [5.41, 5.74) is 1.43. The second kappa shape index (κ2) is 9.08. The number of rotatable bonds is 10. The lowest BCUT2D eigenvalue weighted by Crippen LogP contribution is -2.25. The van der Waals surface area contributed by atoms with Crippen LogP contribution in [0.3, 0.4) is 0 Å². The van der Waals surface area contributed by atoms with Gasteiger partial charge in [-0.25, -0.2) is 0 Å². The Morgan fingerprint density at radius 3 is 2.67 bits per heavy atom. The van der Waals surface area contributed by atoms with Crippen molar-refractivity contribution in [2.24, 2.45) is 0 Å². The molecule has 6 nitrogen and oxygen atoms in total. The number of carboxylic acid groups (broad SMARTS) is 1. The molecule has 1 aromatic heterocycles. The van der Waals surface area contributed by atoms with Crippen molar-refractivity contribution in [3.63, 3.8) is 0 Å². The summed E-state index contributed by atoms with van der Waals surface area (Å²) in [5.74, 6) is -0.716. The third-order valence-electron chi connectivity index (χ3n) is 3.80. The highest BCUT2D eigenvalue weighted by atomic mass is 16.5. The van der Waals surface area contributed by atoms with Gasteiger partial charge in [0.15, 0.2) is 5.76 Å². The summed E-state index contributed by atoms with van der Waals surface area (Å²) in [6, 6.07) is 7.50. The van der Waals surface area contributed by atoms with E-state index in [1.54, 1.807) is 7.11 Å². The molecule has 0 aliphatic heterocycles. The highest BCUT2D eigenvalue weighted by Gasteiger charge is 2.19. The Kier molecular flexibility index (Phi) is 6.81. The minimum Gasteiger partial charge on any atom is -0.481 e. The molecule has 0 saturated carbocycles. The maximum atomic E-state index is 12.4. The van der Waals surface area contributed by atoms with Crippen molar-refractivity contribution in [3.05, 3.63) is 35.6 Å². The van der Waals surface area contributed by atoms with E-state index in [1.807, 2.05) is 24.3 Å². The van der Waals surface area contributed by atoms with Gasteiger partial charge >= 0.3 is 5.97 Å². The van der Waals surface area contributed by atoms with E-state index in [2.05, 4.69) is 5.32 Å². The van der Waals surface area contributed by atoms with Crippen molar-refractivity contribution in [1.29, 1.82) is 0 Å². The summed E-state index contributed by atoms with van der Waals surface area (Å²) in [4.78, 5) is 22.8. The number of unbranched alkanes of at least 4 members (excludes halogenated alkanes) is 3. The Hall–Kier alpha value is -2.34. The van der Waals surface area contributed by atoms with Gasteiger partial charge in [0.05, 0.1) is 6.61 Å². The van der Waals surface area contributed by atoms with Crippen LogP contribution in [-0.4, -0.2) is 30.6 Å². The van der Waals surface area contributed by atoms with Gasteiger partial charge in [0.2, 0.25) is 0 Å². The van der Waals surface area contributed by atoms with Crippen molar-refractivity contribution in [2.45, 2.75) is 38.7 Å². The SMILES string of the molecule is COCc1c(C(=O)NCCCCCCC(=O)O)oc2ccccc12. The molecular formula is C18H23NO5. The van der Waals surface area contributed by atoms with Crippen LogP contribution in [0.1, 0.15) is 48.2 Å². The molecule has 0 bridgehead atoms. The molecule has 6 heteroatoms. The Morgan fingerprint density at radius 1 is 1.17 bits per heavy atom. The van der Waals surface area contributed by atoms with Crippen molar-refractivity contribution >= 4 is 22.8 Å². The minimum atomic E-state index is -0.765. The number of amides is 1. The summed E-state index contributed by atoms with van der Waals surface area (Å²) in [5, 5.41) is 12.3. The Morgan fingerprint density at radius 2 is 1.92 bits per heavy atom. The fourth-order valence-corrected chi connectivity index (χ4v) is 2.61. The van der Waals surface area contributed by atoms with Crippen LogP contribution < -0.4 is 5.32 Å². The average molecular weight is 333 g/mol. The molecule has 0 aliphatic rings. The molecular weight excluding hydrogens is 310 g/mol. The van der Waals surface area contributed by atoms with Crippen LogP contribution in [0.25, 0.3) is 11.0 Å². The maximum Gasteiger partial charge on any atom is 0.303 e. The number of ether oxygens (including phenoxy) is 1. The molecule has 0 radical (unpaired) electrons. The molecule has 1 aromatic carbocycles. The van der Waals surface area contributed by atoms with Crippen molar-refractivity contribution < 1.29 is 23.8 Å². The normalized spacial score (nSPS) is 10.9. The second-order valence-electron chi connectivity index (χ2n) is 5.65. The monoisotopic (exact) mass is 333 g/mol. The molecule has 0 fully saturated rings. The molecule has 0 aliphatic carbocycles. The third kappa shape index (κ3) is 4.83. The highest BCUT2D eigenvalue weighted by Crippen LogP contribution is 2.26. The highest BCUT2D eigenvalue weighted by molar-refractivity contribution is 5.99. The van der Waals surface area contributed by atoms with Crippen molar-refractivity contribution in [3.8, 4) is 0 Å². The maximum absolute atomic E-state index is 12.4. The largest absolute Gasteiger partial charge is 0.481 e. The van der Waals surface area contributed by atoms with Crippen molar-refractivity contribution in [1.82, 2.24) is 5.32 Å². The quantitative estimate of drug-likeness (QED) is 0.651. The number of aliphatic carboxylic acids is 1. The van der Waals surface area contributed by atoms with Gasteiger partial charge in [0.1, 0.15) is 5.58 Å². The fraction of sp³-hybridized carbons (Fsp3) is 0.444. The minimum absolute atomic E-state index is 0.200. The van der Waals surface area contributed by atoms with Gasteiger partial charge in [0, 0.05) is 31.0 Å². The lowest BCUT2D eigenvalue weighted by molar-refractivity contribution is -0.137. The van der Waals surface area contributed by atoms with Crippen LogP contribution in [-0.2, 0) is 16.1 Å². The zero-order valence-electron chi connectivity index (χ0n) is 13.8. The number of carbonyl (C=O) groups is 2. The standard InChI is InChI=1S/C18H23NO5/c1-23-12-14-13-8-5-6-9-15(13)24-17(14)18(22)19-11-7-3-2-4-10-16(20)21/h5-6,8-9H,2-4,7,10-12H2,1H3,(H,19,22)(H,20,21). The van der Waals surface area contributed by atoms with E-state index in [0.717, 1.165) is 30.2 Å². The number of methoxy groups -OCH3 is 1. The predicted octanol–water partition coefficient (Wildman–Crippen LogP) is 3.34. The number of para-hydroxylation sites is 1. The van der Waals surface area contributed by atoms with Gasteiger partial charge in [-0.1, -0.05) is 31.0 Å². The van der Waals surface area contributed by atoms with E-state index < -0.39 is 5.97 Å². The Bertz CT molecular complexity index is 692. The van der Waals surface area contributed by atoms with Crippen LogP contribution in [0.2, 0.25) is 0 Å². The molecule has 0 atom stereocenters. The van der Waals surface area contributed by atoms with Crippen LogP contribution in [0, 0.1) is 0 Å². The summed E-state index contributed by atoms with van der Waals surface area (Å²) in [6.45, 7) is 0.852. The van der Waals surface area contributed by atoms with Gasteiger partial charge in [-0.05, 0) is 18.9 Å². The van der Waals surface area contributed by atoms with E-state index in [-0.39, 0.29) is 12.3 Å². The first-order valence-corrected chi connectivity index (χ1v) is 8.13. The third-order valence-corrected chi connectivity index (χ3v) is 3.80. The summed E-state index contributed by atoms with van der Waals surface area (Å²) in [6.07, 6.45) is 3.42. The molecule has 2 rings (SSSR count). The van der Waals surface area contributed by atoms with Gasteiger partial charge in [-0.3, -0.25) is 9.59 Å². The van der Waals surface area contributed by atoms with Gasteiger partial charge < -0.3 is 19.6 Å². The summed E-state index contributed by atoms with van der Waals surface area (Å²) in [7, 11) is 1.58. The predicted molar refractivity (Wildman–Crippen MR) is 90.0 cm³/mol. The second-order valence-corrected chi connectivity index (χ2v) is 5.65. The number of furan rings is 1. The molecule has 1 amide bonds. The molecule has 1 heterocycles. The summed E-state index contributed by atoms with van der Waals surface area (Å²) >= 11 is 0. The average Bonchev–Trinajstić information content (AvgIpc) is 2.93. The lowest BCUT2D eigenvalue weighted by Gasteiger charge is -2.05. The van der Waals surface area contributed by atoms with Gasteiger partial charge in [0.25, 0.3) is 5.91 Å². The van der Waals surface area contributed by atoms with Crippen LogP contribution in [0.5, 0.6) is 0 Å². The number of benzene rings is 1. The first-order chi connectivity index (χ1) is 11.6. The molecule has 0 unspecified atom stereocenters. The molecule has 0 spiro atoms. The molecule has 0 saturated heterocycles. The van der Waals surface area contributed by atoms with Crippen LogP contribution in [0.15, 0.2) is 28.7 Å². The fourth-order valence-electron chi connectivity index (χ4n) is 2.61. The van der Waals surface area contributed by atoms with E-state index in [0.29, 0.717) is 30.9 Å². The number of carboxylic acids is 1. The molecule has 2 aromatic rings.